The topological polar surface area (TPSA) is 98.2 Å². The fraction of sp³-hybridized carbons (Fsp3) is 0.192. The van der Waals surface area contributed by atoms with Crippen molar-refractivity contribution in [3.05, 3.63) is 83.4 Å². The molecule has 0 unspecified atom stereocenters. The average Bonchev–Trinajstić information content (AvgIpc) is 2.87. The van der Waals surface area contributed by atoms with Gasteiger partial charge in [0.25, 0.3) is 0 Å². The van der Waals surface area contributed by atoms with E-state index in [1.54, 1.807) is 25.1 Å². The maximum atomic E-state index is 12.2. The van der Waals surface area contributed by atoms with Crippen LogP contribution in [0.1, 0.15) is 23.6 Å². The Bertz CT molecular complexity index is 1170. The number of amides is 2. The van der Waals surface area contributed by atoms with Crippen LogP contribution >= 0.6 is 0 Å². The van der Waals surface area contributed by atoms with E-state index < -0.39 is 11.8 Å². The first-order valence-corrected chi connectivity index (χ1v) is 10.6. The molecule has 2 amide bonds. The second-order valence-electron chi connectivity index (χ2n) is 7.46. The maximum Gasteiger partial charge on any atom is 0.329 e. The van der Waals surface area contributed by atoms with Gasteiger partial charge >= 0.3 is 11.8 Å². The van der Waals surface area contributed by atoms with Crippen LogP contribution < -0.4 is 25.0 Å². The third kappa shape index (κ3) is 6.59. The molecular formula is C26H27N3O5. The van der Waals surface area contributed by atoms with E-state index in [-0.39, 0.29) is 0 Å². The van der Waals surface area contributed by atoms with Crippen LogP contribution in [0.3, 0.4) is 0 Å². The molecule has 3 rings (SSSR count). The molecule has 0 aliphatic carbocycles. The van der Waals surface area contributed by atoms with Crippen molar-refractivity contribution in [3.63, 3.8) is 0 Å². The van der Waals surface area contributed by atoms with Gasteiger partial charge in [0, 0.05) is 6.07 Å². The summed E-state index contributed by atoms with van der Waals surface area (Å²) in [6.45, 7) is 4.24. The van der Waals surface area contributed by atoms with E-state index in [4.69, 9.17) is 14.2 Å². The Kier molecular flexibility index (Phi) is 8.23. The highest BCUT2D eigenvalue weighted by Crippen LogP contribution is 2.28. The lowest BCUT2D eigenvalue weighted by Gasteiger charge is -2.11. The summed E-state index contributed by atoms with van der Waals surface area (Å²) in [6, 6.07) is 20.3. The number of anilines is 1. The van der Waals surface area contributed by atoms with Gasteiger partial charge in [-0.25, -0.2) is 5.43 Å². The lowest BCUT2D eigenvalue weighted by atomic mass is 10.1. The molecule has 3 aromatic carbocycles. The number of hydrogen-bond acceptors (Lipinski definition) is 6. The summed E-state index contributed by atoms with van der Waals surface area (Å²) >= 11 is 0. The summed E-state index contributed by atoms with van der Waals surface area (Å²) in [5.41, 5.74) is 6.20. The molecule has 3 aromatic rings. The van der Waals surface area contributed by atoms with E-state index in [9.17, 15) is 9.59 Å². The number of ether oxygens (including phenoxy) is 3. The predicted octanol–water partition coefficient (Wildman–Crippen LogP) is 4.07. The SMILES string of the molecule is COc1ccc(NC(=O)C(=O)NN=C(C)c2ccc(OCc3ccc(C)cc3)cc2)c(OC)c1. The molecule has 0 saturated carbocycles. The minimum Gasteiger partial charge on any atom is -0.497 e. The fourth-order valence-electron chi connectivity index (χ4n) is 2.97. The molecule has 2 N–H and O–H groups in total. The van der Waals surface area contributed by atoms with Crippen LogP contribution in [0.2, 0.25) is 0 Å². The molecule has 0 radical (unpaired) electrons. The molecule has 8 nitrogen and oxygen atoms in total. The highest BCUT2D eigenvalue weighted by molar-refractivity contribution is 6.39. The largest absolute Gasteiger partial charge is 0.497 e. The monoisotopic (exact) mass is 461 g/mol. The van der Waals surface area contributed by atoms with Crippen molar-refractivity contribution < 1.29 is 23.8 Å². The van der Waals surface area contributed by atoms with Gasteiger partial charge in [0.05, 0.1) is 25.6 Å². The van der Waals surface area contributed by atoms with E-state index in [0.717, 1.165) is 11.1 Å². The first-order chi connectivity index (χ1) is 16.4. The van der Waals surface area contributed by atoms with Crippen LogP contribution in [-0.4, -0.2) is 31.7 Å². The van der Waals surface area contributed by atoms with Gasteiger partial charge in [-0.2, -0.15) is 5.10 Å². The Morgan fingerprint density at radius 2 is 1.53 bits per heavy atom. The molecule has 0 aromatic heterocycles. The fourth-order valence-corrected chi connectivity index (χ4v) is 2.97. The molecule has 0 heterocycles. The number of rotatable bonds is 8. The highest BCUT2D eigenvalue weighted by Gasteiger charge is 2.16. The standard InChI is InChI=1S/C26H27N3O5/c1-17-5-7-19(8-6-17)16-34-21-11-9-20(10-12-21)18(2)28-29-26(31)25(30)27-23-14-13-22(32-3)15-24(23)33-4/h5-15H,16H2,1-4H3,(H,27,30)(H,29,31). The quantitative estimate of drug-likeness (QED) is 0.299. The molecular weight excluding hydrogens is 434 g/mol. The number of carbonyl (C=O) groups is 2. The number of methoxy groups -OCH3 is 2. The van der Waals surface area contributed by atoms with E-state index >= 15 is 0 Å². The number of nitrogens with one attached hydrogen (secondary N) is 2. The average molecular weight is 462 g/mol. The van der Waals surface area contributed by atoms with E-state index in [2.05, 4.69) is 15.8 Å². The van der Waals surface area contributed by atoms with Crippen LogP contribution in [0.4, 0.5) is 5.69 Å². The van der Waals surface area contributed by atoms with Crippen LogP contribution in [0.5, 0.6) is 17.2 Å². The molecule has 0 bridgehead atoms. The molecule has 176 valence electrons. The highest BCUT2D eigenvalue weighted by atomic mass is 16.5. The Hall–Kier alpha value is -4.33. The Balaban J connectivity index is 1.55. The summed E-state index contributed by atoms with van der Waals surface area (Å²) in [6.07, 6.45) is 0. The van der Waals surface area contributed by atoms with Crippen molar-refractivity contribution in [3.8, 4) is 17.2 Å². The van der Waals surface area contributed by atoms with Crippen LogP contribution in [-0.2, 0) is 16.2 Å². The molecule has 0 saturated heterocycles. The van der Waals surface area contributed by atoms with Crippen LogP contribution in [0, 0.1) is 6.92 Å². The third-order valence-corrected chi connectivity index (χ3v) is 4.99. The molecule has 8 heteroatoms. The third-order valence-electron chi connectivity index (χ3n) is 4.99. The normalized spacial score (nSPS) is 10.9. The molecule has 0 aliphatic heterocycles. The first-order valence-electron chi connectivity index (χ1n) is 10.6. The van der Waals surface area contributed by atoms with Crippen molar-refractivity contribution in [1.29, 1.82) is 0 Å². The number of benzene rings is 3. The minimum atomic E-state index is -0.907. The minimum absolute atomic E-state index is 0.338. The maximum absolute atomic E-state index is 12.2. The summed E-state index contributed by atoms with van der Waals surface area (Å²) in [5, 5.41) is 6.52. The molecule has 0 aliphatic rings. The summed E-state index contributed by atoms with van der Waals surface area (Å²) < 4.78 is 16.1. The van der Waals surface area contributed by atoms with Crippen molar-refractivity contribution >= 4 is 23.2 Å². The zero-order valence-corrected chi connectivity index (χ0v) is 19.5. The number of hydrogen-bond donors (Lipinski definition) is 2. The van der Waals surface area contributed by atoms with Crippen molar-refractivity contribution in [2.45, 2.75) is 20.5 Å². The number of hydrazone groups is 1. The van der Waals surface area contributed by atoms with Gasteiger partial charge < -0.3 is 19.5 Å². The van der Waals surface area contributed by atoms with Gasteiger partial charge in [-0.15, -0.1) is 0 Å². The van der Waals surface area contributed by atoms with Crippen LogP contribution in [0.15, 0.2) is 71.8 Å². The van der Waals surface area contributed by atoms with Gasteiger partial charge in [-0.05, 0) is 61.4 Å². The van der Waals surface area contributed by atoms with Gasteiger partial charge in [0.2, 0.25) is 0 Å². The van der Waals surface area contributed by atoms with Gasteiger partial charge in [0.15, 0.2) is 0 Å². The van der Waals surface area contributed by atoms with Crippen molar-refractivity contribution in [1.82, 2.24) is 5.43 Å². The molecule has 0 atom stereocenters. The first kappa shape index (κ1) is 24.3. The lowest BCUT2D eigenvalue weighted by molar-refractivity contribution is -0.136. The second kappa shape index (κ2) is 11.5. The van der Waals surface area contributed by atoms with Crippen LogP contribution in [0.25, 0.3) is 0 Å². The summed E-state index contributed by atoms with van der Waals surface area (Å²) in [7, 11) is 2.98. The summed E-state index contributed by atoms with van der Waals surface area (Å²) in [4.78, 5) is 24.4. The van der Waals surface area contributed by atoms with Crippen molar-refractivity contribution in [2.24, 2.45) is 5.10 Å². The summed E-state index contributed by atoms with van der Waals surface area (Å²) in [5.74, 6) is -0.139. The molecule has 0 spiro atoms. The van der Waals surface area contributed by atoms with Crippen molar-refractivity contribution in [2.75, 3.05) is 19.5 Å². The zero-order valence-electron chi connectivity index (χ0n) is 19.5. The van der Waals surface area contributed by atoms with Gasteiger partial charge in [-0.1, -0.05) is 29.8 Å². The molecule has 34 heavy (non-hydrogen) atoms. The number of nitrogens with zero attached hydrogens (tertiary/aromatic N) is 1. The zero-order chi connectivity index (χ0) is 24.5. The number of carbonyl (C=O) groups excluding carboxylic acids is 2. The second-order valence-corrected chi connectivity index (χ2v) is 7.46. The van der Waals surface area contributed by atoms with E-state index in [1.807, 2.05) is 55.5 Å². The molecule has 0 fully saturated rings. The Morgan fingerprint density at radius 3 is 2.18 bits per heavy atom. The Labute approximate surface area is 198 Å². The van der Waals surface area contributed by atoms with Gasteiger partial charge in [-0.3, -0.25) is 9.59 Å². The van der Waals surface area contributed by atoms with E-state index in [1.165, 1.54) is 19.8 Å². The smallest absolute Gasteiger partial charge is 0.329 e. The predicted molar refractivity (Wildman–Crippen MR) is 130 cm³/mol. The van der Waals surface area contributed by atoms with E-state index in [0.29, 0.717) is 35.3 Å². The lowest BCUT2D eigenvalue weighted by Crippen LogP contribution is -2.33. The Morgan fingerprint density at radius 1 is 0.853 bits per heavy atom. The van der Waals surface area contributed by atoms with Gasteiger partial charge in [0.1, 0.15) is 23.9 Å². The number of aryl methyl sites for hydroxylation is 1.